The van der Waals surface area contributed by atoms with E-state index in [1.54, 1.807) is 16.8 Å². The van der Waals surface area contributed by atoms with Gasteiger partial charge in [-0.25, -0.2) is 9.78 Å². The highest BCUT2D eigenvalue weighted by Crippen LogP contribution is 2.26. The molecule has 2 atom stereocenters. The summed E-state index contributed by atoms with van der Waals surface area (Å²) in [6.45, 7) is 5.52. The van der Waals surface area contributed by atoms with Crippen LogP contribution in [-0.4, -0.2) is 71.7 Å². The number of fused-ring (bicyclic) bond motifs is 1. The molecule has 0 spiro atoms. The van der Waals surface area contributed by atoms with Gasteiger partial charge in [0.1, 0.15) is 5.69 Å². The molecule has 1 aliphatic carbocycles. The lowest BCUT2D eigenvalue weighted by Gasteiger charge is -2.35. The Morgan fingerprint density at radius 3 is 2.69 bits per heavy atom. The van der Waals surface area contributed by atoms with Crippen LogP contribution in [0.4, 0.5) is 0 Å². The van der Waals surface area contributed by atoms with Gasteiger partial charge in [-0.05, 0) is 38.8 Å². The lowest BCUT2D eigenvalue weighted by Crippen LogP contribution is -2.55. The van der Waals surface area contributed by atoms with E-state index in [1.165, 1.54) is 11.3 Å². The summed E-state index contributed by atoms with van der Waals surface area (Å²) < 4.78 is 1.66. The predicted octanol–water partition coefficient (Wildman–Crippen LogP) is 0.613. The summed E-state index contributed by atoms with van der Waals surface area (Å²) in [7, 11) is 0. The maximum atomic E-state index is 13.2. The zero-order chi connectivity index (χ0) is 25.0. The number of nitrogens with zero attached hydrogens (tertiary/aromatic N) is 5. The van der Waals surface area contributed by atoms with Gasteiger partial charge in [-0.2, -0.15) is 9.61 Å². The molecule has 6 rings (SSSR count). The van der Waals surface area contributed by atoms with Crippen molar-refractivity contribution in [3.05, 3.63) is 55.5 Å². The Balaban J connectivity index is 1.42. The molecule has 2 aliphatic rings. The molecule has 0 bridgehead atoms. The first-order valence-corrected chi connectivity index (χ1v) is 12.8. The Morgan fingerprint density at radius 2 is 2.00 bits per heavy atom. The van der Waals surface area contributed by atoms with E-state index in [1.807, 2.05) is 22.4 Å². The molecular formula is C24H26N8O3S. The number of aromatic nitrogens is 5. The molecule has 1 saturated carbocycles. The fourth-order valence-electron chi connectivity index (χ4n) is 4.58. The molecule has 11 nitrogen and oxygen atoms in total. The second kappa shape index (κ2) is 8.71. The summed E-state index contributed by atoms with van der Waals surface area (Å²) in [5.41, 5.74) is 2.47. The predicted molar refractivity (Wildman–Crippen MR) is 135 cm³/mol. The van der Waals surface area contributed by atoms with E-state index in [2.05, 4.69) is 34.2 Å². The van der Waals surface area contributed by atoms with Crippen molar-refractivity contribution >= 4 is 29.0 Å². The van der Waals surface area contributed by atoms with Crippen LogP contribution in [0.15, 0.2) is 33.5 Å². The summed E-state index contributed by atoms with van der Waals surface area (Å²) in [4.78, 5) is 41.8. The van der Waals surface area contributed by atoms with E-state index >= 15 is 0 Å². The van der Waals surface area contributed by atoms with Crippen LogP contribution in [0.2, 0.25) is 0 Å². The SMILES string of the molecule is C[C@@H]1CN(C(=O)c2cc(-c3cc(=NC4CC4)n4ncc(=Cc5[nH]c(=O)[nH]c5O)c4n3)cs2)C[C@H](C)N1. The van der Waals surface area contributed by atoms with E-state index in [9.17, 15) is 14.7 Å². The Morgan fingerprint density at radius 1 is 1.22 bits per heavy atom. The van der Waals surface area contributed by atoms with Crippen molar-refractivity contribution in [3.8, 4) is 17.1 Å². The van der Waals surface area contributed by atoms with Crippen LogP contribution in [0.5, 0.6) is 5.88 Å². The van der Waals surface area contributed by atoms with Gasteiger partial charge < -0.3 is 20.3 Å². The number of thiophene rings is 1. The van der Waals surface area contributed by atoms with E-state index in [0.717, 1.165) is 18.4 Å². The number of aromatic amines is 2. The van der Waals surface area contributed by atoms with Gasteiger partial charge in [0, 0.05) is 47.4 Å². The second-order valence-corrected chi connectivity index (χ2v) is 10.5. The minimum atomic E-state index is -0.503. The molecule has 4 aromatic rings. The van der Waals surface area contributed by atoms with Gasteiger partial charge in [0.25, 0.3) is 5.91 Å². The van der Waals surface area contributed by atoms with Crippen LogP contribution in [-0.2, 0) is 0 Å². The quantitative estimate of drug-likeness (QED) is 0.319. The topological polar surface area (TPSA) is 144 Å². The summed E-state index contributed by atoms with van der Waals surface area (Å²) in [6, 6.07) is 4.54. The van der Waals surface area contributed by atoms with E-state index < -0.39 is 5.69 Å². The van der Waals surface area contributed by atoms with Crippen LogP contribution >= 0.6 is 11.3 Å². The number of nitrogens with one attached hydrogen (secondary N) is 3. The van der Waals surface area contributed by atoms with E-state index in [0.29, 0.717) is 40.0 Å². The number of amides is 1. The number of hydrogen-bond acceptors (Lipinski definition) is 8. The summed E-state index contributed by atoms with van der Waals surface area (Å²) in [5.74, 6) is -0.225. The molecule has 4 N–H and O–H groups in total. The Labute approximate surface area is 209 Å². The molecule has 5 heterocycles. The van der Waals surface area contributed by atoms with Gasteiger partial charge in [0.05, 0.1) is 22.8 Å². The van der Waals surface area contributed by atoms with Gasteiger partial charge in [0.2, 0.25) is 5.88 Å². The molecule has 0 radical (unpaired) electrons. The lowest BCUT2D eigenvalue weighted by molar-refractivity contribution is 0.0678. The zero-order valence-corrected chi connectivity index (χ0v) is 20.7. The largest absolute Gasteiger partial charge is 0.493 e. The van der Waals surface area contributed by atoms with Gasteiger partial charge in [0.15, 0.2) is 11.1 Å². The number of carbonyl (C=O) groups excluding carboxylic acids is 1. The molecule has 186 valence electrons. The average Bonchev–Trinajstić information content (AvgIpc) is 3.22. The minimum absolute atomic E-state index is 0.0284. The number of hydrogen-bond donors (Lipinski definition) is 4. The van der Waals surface area contributed by atoms with Crippen LogP contribution in [0.25, 0.3) is 23.0 Å². The van der Waals surface area contributed by atoms with Crippen LogP contribution in [0.1, 0.15) is 42.1 Å². The maximum Gasteiger partial charge on any atom is 0.326 e. The molecule has 2 fully saturated rings. The number of aromatic hydroxyl groups is 1. The van der Waals surface area contributed by atoms with E-state index in [4.69, 9.17) is 9.98 Å². The third-order valence-electron chi connectivity index (χ3n) is 6.33. The molecule has 0 unspecified atom stereocenters. The van der Waals surface area contributed by atoms with Crippen LogP contribution in [0.3, 0.4) is 0 Å². The maximum absolute atomic E-state index is 13.2. The highest BCUT2D eigenvalue weighted by Gasteiger charge is 2.27. The number of carbonyl (C=O) groups is 1. The second-order valence-electron chi connectivity index (χ2n) is 9.56. The Hall–Kier alpha value is -3.77. The van der Waals surface area contributed by atoms with Crippen molar-refractivity contribution in [2.75, 3.05) is 13.1 Å². The fraction of sp³-hybridized carbons (Fsp3) is 0.375. The standard InChI is InChI=1S/C24H26N8O3S/c1-12-9-31(10-13(2)26-12)23(34)19-6-15(11-36-19)17-7-20(27-16-3-4-16)32-21(28-17)14(8-25-32)5-18-22(33)30-24(35)29-18/h5-8,11-13,16,26,33H,3-4,9-10H2,1-2H3,(H2,29,30,35)/t12-,13+. The van der Waals surface area contributed by atoms with Crippen LogP contribution < -0.4 is 21.7 Å². The summed E-state index contributed by atoms with van der Waals surface area (Å²) in [6.07, 6.45) is 5.31. The Bertz CT molecular complexity index is 1630. The first-order chi connectivity index (χ1) is 17.3. The number of imidazole rings is 1. The van der Waals surface area contributed by atoms with Gasteiger partial charge in [-0.1, -0.05) is 0 Å². The molecule has 0 aromatic carbocycles. The van der Waals surface area contributed by atoms with Crippen molar-refractivity contribution in [1.29, 1.82) is 0 Å². The van der Waals surface area contributed by atoms with Crippen molar-refractivity contribution in [1.82, 2.24) is 34.8 Å². The highest BCUT2D eigenvalue weighted by molar-refractivity contribution is 7.12. The molecule has 4 aromatic heterocycles. The summed E-state index contributed by atoms with van der Waals surface area (Å²) >= 11 is 1.41. The molecule has 1 saturated heterocycles. The normalized spacial score (nSPS) is 21.6. The first-order valence-electron chi connectivity index (χ1n) is 11.9. The van der Waals surface area contributed by atoms with Gasteiger partial charge in [-0.15, -0.1) is 11.3 Å². The summed E-state index contributed by atoms with van der Waals surface area (Å²) in [5, 5.41) is 20.5. The van der Waals surface area contributed by atoms with Crippen molar-refractivity contribution in [2.24, 2.45) is 4.99 Å². The molecular weight excluding hydrogens is 480 g/mol. The van der Waals surface area contributed by atoms with Crippen molar-refractivity contribution < 1.29 is 9.90 Å². The number of H-pyrrole nitrogens is 2. The third kappa shape index (κ3) is 4.33. The zero-order valence-electron chi connectivity index (χ0n) is 19.9. The Kier molecular flexibility index (Phi) is 5.49. The first kappa shape index (κ1) is 22.7. The van der Waals surface area contributed by atoms with Crippen LogP contribution in [0, 0.1) is 0 Å². The average molecular weight is 507 g/mol. The van der Waals surface area contributed by atoms with Crippen molar-refractivity contribution in [2.45, 2.75) is 44.8 Å². The molecule has 36 heavy (non-hydrogen) atoms. The fourth-order valence-corrected chi connectivity index (χ4v) is 5.44. The molecule has 1 amide bonds. The third-order valence-corrected chi connectivity index (χ3v) is 7.25. The van der Waals surface area contributed by atoms with Gasteiger partial charge >= 0.3 is 5.69 Å². The number of rotatable bonds is 4. The number of piperazine rings is 1. The van der Waals surface area contributed by atoms with Gasteiger partial charge in [-0.3, -0.25) is 14.8 Å². The smallest absolute Gasteiger partial charge is 0.326 e. The molecule has 12 heteroatoms. The highest BCUT2D eigenvalue weighted by atomic mass is 32.1. The minimum Gasteiger partial charge on any atom is -0.493 e. The lowest BCUT2D eigenvalue weighted by atomic mass is 10.1. The van der Waals surface area contributed by atoms with E-state index in [-0.39, 0.29) is 35.6 Å². The monoisotopic (exact) mass is 506 g/mol. The van der Waals surface area contributed by atoms with Crippen molar-refractivity contribution in [3.63, 3.8) is 0 Å². The molecule has 1 aliphatic heterocycles.